The molecule has 0 spiro atoms. The van der Waals surface area contributed by atoms with E-state index in [-0.39, 0.29) is 11.9 Å². The van der Waals surface area contributed by atoms with E-state index in [1.165, 1.54) is 25.3 Å². The van der Waals surface area contributed by atoms with Crippen molar-refractivity contribution >= 4 is 0 Å². The summed E-state index contributed by atoms with van der Waals surface area (Å²) in [6.45, 7) is 4.31. The van der Waals surface area contributed by atoms with Crippen molar-refractivity contribution < 1.29 is 4.39 Å². The number of likely N-dealkylation sites (tertiary alicyclic amines) is 1. The molecule has 1 aliphatic carbocycles. The van der Waals surface area contributed by atoms with Gasteiger partial charge in [-0.25, -0.2) is 4.39 Å². The normalized spacial score (nSPS) is 29.4. The molecule has 110 valence electrons. The highest BCUT2D eigenvalue weighted by molar-refractivity contribution is 5.22. The van der Waals surface area contributed by atoms with Crippen LogP contribution in [0.1, 0.15) is 44.1 Å². The monoisotopic (exact) mass is 276 g/mol. The number of hydrogen-bond acceptors (Lipinski definition) is 2. The number of nitrogens with two attached hydrogens (primary N) is 1. The summed E-state index contributed by atoms with van der Waals surface area (Å²) in [5.74, 6) is 1.11. The maximum absolute atomic E-state index is 13.4. The van der Waals surface area contributed by atoms with Gasteiger partial charge in [0.2, 0.25) is 0 Å². The van der Waals surface area contributed by atoms with Crippen molar-refractivity contribution in [3.63, 3.8) is 0 Å². The van der Waals surface area contributed by atoms with Crippen molar-refractivity contribution in [3.8, 4) is 0 Å². The van der Waals surface area contributed by atoms with Crippen LogP contribution in [-0.4, -0.2) is 30.1 Å². The summed E-state index contributed by atoms with van der Waals surface area (Å²) in [4.78, 5) is 2.57. The van der Waals surface area contributed by atoms with Gasteiger partial charge in [-0.15, -0.1) is 0 Å². The first-order valence-corrected chi connectivity index (χ1v) is 7.92. The van der Waals surface area contributed by atoms with Gasteiger partial charge in [0.25, 0.3) is 0 Å². The largest absolute Gasteiger partial charge is 0.327 e. The Morgan fingerprint density at radius 3 is 2.80 bits per heavy atom. The van der Waals surface area contributed by atoms with Crippen molar-refractivity contribution in [2.45, 2.75) is 50.6 Å². The Morgan fingerprint density at radius 2 is 2.15 bits per heavy atom. The topological polar surface area (TPSA) is 29.3 Å². The van der Waals surface area contributed by atoms with Gasteiger partial charge in [-0.3, -0.25) is 4.90 Å². The van der Waals surface area contributed by atoms with E-state index >= 15 is 0 Å². The van der Waals surface area contributed by atoms with Crippen molar-refractivity contribution in [2.75, 3.05) is 13.1 Å². The van der Waals surface area contributed by atoms with Crippen LogP contribution in [0, 0.1) is 11.7 Å². The maximum Gasteiger partial charge on any atom is 0.123 e. The first-order valence-electron chi connectivity index (χ1n) is 7.92. The lowest BCUT2D eigenvalue weighted by molar-refractivity contribution is 0.116. The first-order chi connectivity index (χ1) is 9.67. The van der Waals surface area contributed by atoms with Gasteiger partial charge >= 0.3 is 0 Å². The quantitative estimate of drug-likeness (QED) is 0.915. The molecule has 3 atom stereocenters. The second kappa shape index (κ2) is 5.82. The van der Waals surface area contributed by atoms with Crippen molar-refractivity contribution in [1.29, 1.82) is 0 Å². The third kappa shape index (κ3) is 3.04. The third-order valence-electron chi connectivity index (χ3n) is 4.88. The molecule has 0 aromatic heterocycles. The Hall–Kier alpha value is -0.930. The molecule has 1 aromatic carbocycles. The number of nitrogens with zero attached hydrogens (tertiary/aromatic N) is 1. The molecular weight excluding hydrogens is 251 g/mol. The molecule has 0 bridgehead atoms. The van der Waals surface area contributed by atoms with Crippen LogP contribution in [0.2, 0.25) is 0 Å². The third-order valence-corrected chi connectivity index (χ3v) is 4.88. The highest BCUT2D eigenvalue weighted by Gasteiger charge is 2.37. The Balaban J connectivity index is 1.75. The van der Waals surface area contributed by atoms with Gasteiger partial charge in [0.15, 0.2) is 0 Å². The average molecular weight is 276 g/mol. The van der Waals surface area contributed by atoms with Crippen LogP contribution in [0.4, 0.5) is 4.39 Å². The van der Waals surface area contributed by atoms with Crippen LogP contribution in [0.15, 0.2) is 24.3 Å². The molecule has 1 aromatic rings. The predicted octanol–water partition coefficient (Wildman–Crippen LogP) is 3.13. The Morgan fingerprint density at radius 1 is 1.35 bits per heavy atom. The number of piperidine rings is 1. The second-order valence-electron chi connectivity index (χ2n) is 6.51. The molecule has 3 rings (SSSR count). The lowest BCUT2D eigenvalue weighted by atomic mass is 9.87. The maximum atomic E-state index is 13.4. The Bertz CT molecular complexity index is 458. The van der Waals surface area contributed by atoms with Crippen LogP contribution in [0.25, 0.3) is 0 Å². The minimum Gasteiger partial charge on any atom is -0.327 e. The highest BCUT2D eigenvalue weighted by atomic mass is 19.1. The van der Waals surface area contributed by atoms with Gasteiger partial charge in [-0.2, -0.15) is 0 Å². The molecule has 0 radical (unpaired) electrons. The molecular formula is C17H25FN2. The van der Waals surface area contributed by atoms with Crippen LogP contribution >= 0.6 is 0 Å². The van der Waals surface area contributed by atoms with E-state index in [9.17, 15) is 4.39 Å². The van der Waals surface area contributed by atoms with Gasteiger partial charge in [-0.05, 0) is 55.2 Å². The smallest absolute Gasteiger partial charge is 0.123 e. The summed E-state index contributed by atoms with van der Waals surface area (Å²) in [6.07, 6.45) is 4.91. The Labute approximate surface area is 121 Å². The minimum absolute atomic E-state index is 0.137. The average Bonchev–Trinajstić information content (AvgIpc) is 3.24. The number of halogens is 1. The summed E-state index contributed by atoms with van der Waals surface area (Å²) in [5.41, 5.74) is 7.38. The second-order valence-corrected chi connectivity index (χ2v) is 6.51. The van der Waals surface area contributed by atoms with Gasteiger partial charge in [0, 0.05) is 25.2 Å². The number of benzene rings is 1. The molecule has 2 fully saturated rings. The standard InChI is InChI=1S/C17H25FN2/c1-2-17(12-6-7-12)20-10-14(9-16(19)11-20)13-4-3-5-15(18)8-13/h3-5,8,12,14,16-17H,2,6-7,9-11,19H2,1H3. The van der Waals surface area contributed by atoms with Crippen molar-refractivity contribution in [2.24, 2.45) is 11.7 Å². The van der Waals surface area contributed by atoms with Gasteiger partial charge in [-0.1, -0.05) is 19.1 Å². The van der Waals surface area contributed by atoms with E-state index in [1.807, 2.05) is 12.1 Å². The van der Waals surface area contributed by atoms with E-state index in [0.29, 0.717) is 12.0 Å². The van der Waals surface area contributed by atoms with Gasteiger partial charge in [0.05, 0.1) is 0 Å². The minimum atomic E-state index is -0.137. The lowest BCUT2D eigenvalue weighted by Gasteiger charge is -2.41. The van der Waals surface area contributed by atoms with Crippen molar-refractivity contribution in [1.82, 2.24) is 4.90 Å². The van der Waals surface area contributed by atoms with Crippen LogP contribution in [-0.2, 0) is 0 Å². The van der Waals surface area contributed by atoms with Crippen molar-refractivity contribution in [3.05, 3.63) is 35.6 Å². The molecule has 1 saturated carbocycles. The highest BCUT2D eigenvalue weighted by Crippen LogP contribution is 2.39. The molecule has 3 heteroatoms. The predicted molar refractivity (Wildman–Crippen MR) is 80.1 cm³/mol. The molecule has 2 nitrogen and oxygen atoms in total. The summed E-state index contributed by atoms with van der Waals surface area (Å²) < 4.78 is 13.4. The van der Waals surface area contributed by atoms with E-state index in [0.717, 1.165) is 31.0 Å². The summed E-state index contributed by atoms with van der Waals surface area (Å²) in [7, 11) is 0. The summed E-state index contributed by atoms with van der Waals surface area (Å²) in [6, 6.07) is 7.94. The first kappa shape index (κ1) is 14.0. The fourth-order valence-corrected chi connectivity index (χ4v) is 3.82. The van der Waals surface area contributed by atoms with E-state index in [2.05, 4.69) is 11.8 Å². The molecule has 3 unspecified atom stereocenters. The molecule has 1 aliphatic heterocycles. The molecule has 1 saturated heterocycles. The van der Waals surface area contributed by atoms with Gasteiger partial charge in [0.1, 0.15) is 5.82 Å². The zero-order valence-electron chi connectivity index (χ0n) is 12.3. The van der Waals surface area contributed by atoms with Gasteiger partial charge < -0.3 is 5.73 Å². The zero-order valence-corrected chi connectivity index (χ0v) is 12.3. The van der Waals surface area contributed by atoms with Crippen LogP contribution in [0.3, 0.4) is 0 Å². The molecule has 0 amide bonds. The molecule has 2 N–H and O–H groups in total. The fourth-order valence-electron chi connectivity index (χ4n) is 3.82. The number of hydrogen-bond donors (Lipinski definition) is 1. The van der Waals surface area contributed by atoms with E-state index < -0.39 is 0 Å². The SMILES string of the molecule is CCC(C1CC1)N1CC(N)CC(c2cccc(F)c2)C1. The summed E-state index contributed by atoms with van der Waals surface area (Å²) >= 11 is 0. The van der Waals surface area contributed by atoms with Crippen LogP contribution < -0.4 is 5.73 Å². The lowest BCUT2D eigenvalue weighted by Crippen LogP contribution is -2.51. The molecule has 1 heterocycles. The van der Waals surface area contributed by atoms with E-state index in [4.69, 9.17) is 5.73 Å². The van der Waals surface area contributed by atoms with Crippen LogP contribution in [0.5, 0.6) is 0 Å². The molecule has 20 heavy (non-hydrogen) atoms. The fraction of sp³-hybridized carbons (Fsp3) is 0.647. The zero-order chi connectivity index (χ0) is 14.1. The summed E-state index contributed by atoms with van der Waals surface area (Å²) in [5, 5.41) is 0. The molecule has 2 aliphatic rings. The number of rotatable bonds is 4. The van der Waals surface area contributed by atoms with E-state index in [1.54, 1.807) is 6.07 Å². The Kier molecular flexibility index (Phi) is 4.08.